The Morgan fingerprint density at radius 1 is 1.22 bits per heavy atom. The highest BCUT2D eigenvalue weighted by Gasteiger charge is 2.26. The van der Waals surface area contributed by atoms with Crippen LogP contribution in [0, 0.1) is 17.8 Å². The van der Waals surface area contributed by atoms with Gasteiger partial charge in [0.15, 0.2) is 0 Å². The van der Waals surface area contributed by atoms with E-state index in [0.29, 0.717) is 24.1 Å². The highest BCUT2D eigenvalue weighted by Crippen LogP contribution is 2.30. The molecule has 3 unspecified atom stereocenters. The van der Waals surface area contributed by atoms with Crippen LogP contribution in [0.25, 0.3) is 0 Å². The van der Waals surface area contributed by atoms with Crippen molar-refractivity contribution in [3.63, 3.8) is 0 Å². The predicted molar refractivity (Wildman–Crippen MR) is 73.9 cm³/mol. The molecule has 0 spiro atoms. The highest BCUT2D eigenvalue weighted by atomic mass is 32.2. The Balaban J connectivity index is 1.76. The summed E-state index contributed by atoms with van der Waals surface area (Å²) in [6, 6.07) is 0. The van der Waals surface area contributed by atoms with E-state index >= 15 is 0 Å². The standard InChI is InChI=1S/C13H26N2O2S/c1-11-4-2-6-13(11)9-15-18(16,17)10-12-5-3-7-14-8-12/h11-15H,2-10H2,1H3. The maximum Gasteiger partial charge on any atom is 0.211 e. The SMILES string of the molecule is CC1CCCC1CNS(=O)(=O)CC1CCCNC1. The van der Waals surface area contributed by atoms with Gasteiger partial charge in [0.2, 0.25) is 10.0 Å². The second kappa shape index (κ2) is 6.35. The van der Waals surface area contributed by atoms with Crippen molar-refractivity contribution in [3.05, 3.63) is 0 Å². The lowest BCUT2D eigenvalue weighted by Crippen LogP contribution is -2.39. The van der Waals surface area contributed by atoms with Crippen molar-refractivity contribution in [1.29, 1.82) is 0 Å². The van der Waals surface area contributed by atoms with E-state index in [9.17, 15) is 8.42 Å². The Morgan fingerprint density at radius 2 is 2.06 bits per heavy atom. The van der Waals surface area contributed by atoms with Crippen LogP contribution in [0.5, 0.6) is 0 Å². The van der Waals surface area contributed by atoms with Crippen LogP contribution in [-0.4, -0.2) is 33.8 Å². The molecule has 1 heterocycles. The molecular formula is C13H26N2O2S. The number of rotatable bonds is 5. The second-order valence-corrected chi connectivity index (χ2v) is 7.86. The largest absolute Gasteiger partial charge is 0.316 e. The molecule has 2 fully saturated rings. The molecule has 1 saturated carbocycles. The van der Waals surface area contributed by atoms with E-state index in [0.717, 1.165) is 25.9 Å². The summed E-state index contributed by atoms with van der Waals surface area (Å²) in [4.78, 5) is 0. The second-order valence-electron chi connectivity index (χ2n) is 6.01. The van der Waals surface area contributed by atoms with Crippen LogP contribution < -0.4 is 10.0 Å². The summed E-state index contributed by atoms with van der Waals surface area (Å²) in [5.74, 6) is 1.80. The smallest absolute Gasteiger partial charge is 0.211 e. The normalized spacial score (nSPS) is 33.7. The molecule has 0 radical (unpaired) electrons. The summed E-state index contributed by atoms with van der Waals surface area (Å²) in [6.45, 7) is 4.75. The van der Waals surface area contributed by atoms with Crippen LogP contribution in [0.4, 0.5) is 0 Å². The monoisotopic (exact) mass is 274 g/mol. The van der Waals surface area contributed by atoms with Crippen LogP contribution >= 0.6 is 0 Å². The average Bonchev–Trinajstić information content (AvgIpc) is 2.73. The van der Waals surface area contributed by atoms with Crippen molar-refractivity contribution in [2.45, 2.75) is 39.0 Å². The number of piperidine rings is 1. The molecule has 0 aromatic heterocycles. The van der Waals surface area contributed by atoms with E-state index < -0.39 is 10.0 Å². The lowest BCUT2D eigenvalue weighted by Gasteiger charge is -2.23. The van der Waals surface area contributed by atoms with Gasteiger partial charge in [-0.05, 0) is 50.1 Å². The van der Waals surface area contributed by atoms with Crippen molar-refractivity contribution >= 4 is 10.0 Å². The maximum absolute atomic E-state index is 12.0. The van der Waals surface area contributed by atoms with E-state index in [4.69, 9.17) is 0 Å². The van der Waals surface area contributed by atoms with Crippen molar-refractivity contribution in [3.8, 4) is 0 Å². The Kier molecular flexibility index (Phi) is 5.04. The van der Waals surface area contributed by atoms with Gasteiger partial charge in [-0.15, -0.1) is 0 Å². The van der Waals surface area contributed by atoms with Gasteiger partial charge in [0.1, 0.15) is 0 Å². The van der Waals surface area contributed by atoms with Gasteiger partial charge in [-0.1, -0.05) is 19.8 Å². The molecule has 4 nitrogen and oxygen atoms in total. The minimum Gasteiger partial charge on any atom is -0.316 e. The summed E-state index contributed by atoms with van der Waals surface area (Å²) in [5, 5.41) is 3.27. The number of sulfonamides is 1. The van der Waals surface area contributed by atoms with Crippen LogP contribution in [0.3, 0.4) is 0 Å². The average molecular weight is 274 g/mol. The first-order valence-corrected chi connectivity index (χ1v) is 8.90. The Morgan fingerprint density at radius 3 is 2.67 bits per heavy atom. The van der Waals surface area contributed by atoms with E-state index in [1.165, 1.54) is 19.3 Å². The van der Waals surface area contributed by atoms with Gasteiger partial charge < -0.3 is 5.32 Å². The van der Waals surface area contributed by atoms with E-state index in [-0.39, 0.29) is 5.92 Å². The Hall–Kier alpha value is -0.130. The third-order valence-corrected chi connectivity index (χ3v) is 5.98. The third-order valence-electron chi connectivity index (χ3n) is 4.46. The molecule has 2 aliphatic rings. The number of hydrogen-bond donors (Lipinski definition) is 2. The van der Waals surface area contributed by atoms with Gasteiger partial charge in [0.05, 0.1) is 5.75 Å². The minimum absolute atomic E-state index is 0.289. The third kappa shape index (κ3) is 4.21. The first-order valence-electron chi connectivity index (χ1n) is 7.25. The van der Waals surface area contributed by atoms with Crippen molar-refractivity contribution in [1.82, 2.24) is 10.0 Å². The van der Waals surface area contributed by atoms with Crippen LogP contribution in [0.2, 0.25) is 0 Å². The van der Waals surface area contributed by atoms with Crippen molar-refractivity contribution in [2.75, 3.05) is 25.4 Å². The fourth-order valence-electron chi connectivity index (χ4n) is 3.19. The number of hydrogen-bond acceptors (Lipinski definition) is 3. The first-order chi connectivity index (χ1) is 8.57. The van der Waals surface area contributed by atoms with Gasteiger partial charge in [-0.3, -0.25) is 0 Å². The molecule has 0 bridgehead atoms. The molecule has 3 atom stereocenters. The van der Waals surface area contributed by atoms with Crippen LogP contribution in [-0.2, 0) is 10.0 Å². The molecule has 2 N–H and O–H groups in total. The molecule has 106 valence electrons. The quantitative estimate of drug-likeness (QED) is 0.795. The van der Waals surface area contributed by atoms with Crippen molar-refractivity contribution in [2.24, 2.45) is 17.8 Å². The zero-order chi connectivity index (χ0) is 13.0. The molecule has 0 aromatic rings. The molecule has 1 saturated heterocycles. The molecular weight excluding hydrogens is 248 g/mol. The Bertz CT molecular complexity index is 350. The number of nitrogens with one attached hydrogen (secondary N) is 2. The maximum atomic E-state index is 12.0. The van der Waals surface area contributed by atoms with Gasteiger partial charge >= 0.3 is 0 Å². The van der Waals surface area contributed by atoms with E-state index in [1.54, 1.807) is 0 Å². The predicted octanol–water partition coefficient (Wildman–Crippen LogP) is 1.34. The molecule has 0 aromatic carbocycles. The van der Waals surface area contributed by atoms with Gasteiger partial charge in [-0.25, -0.2) is 13.1 Å². The molecule has 0 amide bonds. The van der Waals surface area contributed by atoms with E-state index in [2.05, 4.69) is 17.0 Å². The van der Waals surface area contributed by atoms with Crippen LogP contribution in [0.15, 0.2) is 0 Å². The zero-order valence-corrected chi connectivity index (χ0v) is 12.1. The highest BCUT2D eigenvalue weighted by molar-refractivity contribution is 7.89. The van der Waals surface area contributed by atoms with Crippen molar-refractivity contribution < 1.29 is 8.42 Å². The first kappa shape index (κ1) is 14.3. The summed E-state index contributed by atoms with van der Waals surface area (Å²) in [6.07, 6.45) is 5.81. The molecule has 2 rings (SSSR count). The molecule has 5 heteroatoms. The lowest BCUT2D eigenvalue weighted by atomic mass is 9.99. The van der Waals surface area contributed by atoms with Gasteiger partial charge in [0, 0.05) is 6.54 Å². The zero-order valence-electron chi connectivity index (χ0n) is 11.3. The summed E-state index contributed by atoms with van der Waals surface area (Å²) >= 11 is 0. The Labute approximate surface area is 111 Å². The van der Waals surface area contributed by atoms with Gasteiger partial charge in [0.25, 0.3) is 0 Å². The molecule has 1 aliphatic heterocycles. The lowest BCUT2D eigenvalue weighted by molar-refractivity contribution is 0.396. The fourth-order valence-corrected chi connectivity index (χ4v) is 4.69. The summed E-state index contributed by atoms with van der Waals surface area (Å²) in [7, 11) is -3.08. The van der Waals surface area contributed by atoms with Crippen LogP contribution in [0.1, 0.15) is 39.0 Å². The van der Waals surface area contributed by atoms with Gasteiger partial charge in [-0.2, -0.15) is 0 Å². The molecule has 18 heavy (non-hydrogen) atoms. The fraction of sp³-hybridized carbons (Fsp3) is 1.00. The minimum atomic E-state index is -3.08. The molecule has 1 aliphatic carbocycles. The topological polar surface area (TPSA) is 58.2 Å². The summed E-state index contributed by atoms with van der Waals surface area (Å²) in [5.41, 5.74) is 0. The summed E-state index contributed by atoms with van der Waals surface area (Å²) < 4.78 is 26.9. The van der Waals surface area contributed by atoms with E-state index in [1.807, 2.05) is 0 Å².